The Hall–Kier alpha value is -2.17. The Kier molecular flexibility index (Phi) is 7.55. The van der Waals surface area contributed by atoms with Gasteiger partial charge in [0.2, 0.25) is 0 Å². The minimum atomic E-state index is -4.71. The van der Waals surface area contributed by atoms with E-state index in [0.29, 0.717) is 38.5 Å². The number of ketones is 3. The highest BCUT2D eigenvalue weighted by Gasteiger charge is 2.50. The van der Waals surface area contributed by atoms with Crippen molar-refractivity contribution in [2.75, 3.05) is 33.5 Å². The van der Waals surface area contributed by atoms with E-state index in [-0.39, 0.29) is 42.9 Å². The highest BCUT2D eigenvalue weighted by atomic mass is 19.4. The molecule has 1 heterocycles. The Morgan fingerprint density at radius 3 is 2.26 bits per heavy atom. The van der Waals surface area contributed by atoms with Gasteiger partial charge in [-0.2, -0.15) is 13.2 Å². The van der Waals surface area contributed by atoms with Gasteiger partial charge in [-0.3, -0.25) is 14.4 Å². The Bertz CT molecular complexity index is 819. The van der Waals surface area contributed by atoms with Gasteiger partial charge in [-0.05, 0) is 31.4 Å². The van der Waals surface area contributed by atoms with Gasteiger partial charge in [-0.1, -0.05) is 0 Å². The van der Waals surface area contributed by atoms with Crippen LogP contribution in [0.5, 0.6) is 0 Å². The number of carbonyl (C=O) groups excluding carboxylic acids is 3. The van der Waals surface area contributed by atoms with E-state index in [1.165, 1.54) is 7.11 Å². The van der Waals surface area contributed by atoms with Crippen LogP contribution in [0, 0.1) is 17.8 Å². The lowest BCUT2D eigenvalue weighted by Crippen LogP contribution is -2.42. The first-order valence-corrected chi connectivity index (χ1v) is 10.1. The summed E-state index contributed by atoms with van der Waals surface area (Å²) >= 11 is 0. The fourth-order valence-corrected chi connectivity index (χ4v) is 4.05. The largest absolute Gasteiger partial charge is 0.433 e. The molecule has 0 radical (unpaired) electrons. The average Bonchev–Trinajstić information content (AvgIpc) is 3.18. The van der Waals surface area contributed by atoms with Crippen LogP contribution in [0.15, 0.2) is 12.1 Å². The zero-order chi connectivity index (χ0) is 22.6. The molecule has 3 rings (SSSR count). The second-order valence-corrected chi connectivity index (χ2v) is 7.66. The molecule has 0 spiro atoms. The van der Waals surface area contributed by atoms with Crippen LogP contribution in [0.1, 0.15) is 41.0 Å². The maximum absolute atomic E-state index is 13.1. The molecule has 2 atom stereocenters. The third-order valence-corrected chi connectivity index (χ3v) is 5.64. The number of alkyl halides is 3. The van der Waals surface area contributed by atoms with Crippen LogP contribution in [0.25, 0.3) is 0 Å². The summed E-state index contributed by atoms with van der Waals surface area (Å²) in [6.07, 6.45) is -3.15. The number of nitrogens with zero attached hydrogens (tertiary/aromatic N) is 1. The van der Waals surface area contributed by atoms with E-state index < -0.39 is 35.1 Å². The summed E-state index contributed by atoms with van der Waals surface area (Å²) in [6, 6.07) is 1.65. The van der Waals surface area contributed by atoms with E-state index in [1.54, 1.807) is 0 Å². The van der Waals surface area contributed by atoms with Crippen molar-refractivity contribution < 1.29 is 41.8 Å². The molecule has 2 unspecified atom stereocenters. The van der Waals surface area contributed by atoms with Gasteiger partial charge in [0, 0.05) is 24.5 Å². The molecule has 10 heteroatoms. The lowest BCUT2D eigenvalue weighted by molar-refractivity contribution is -0.141. The molecule has 2 aliphatic rings. The van der Waals surface area contributed by atoms with Gasteiger partial charge in [0.05, 0.1) is 38.7 Å². The van der Waals surface area contributed by atoms with Crippen LogP contribution >= 0.6 is 0 Å². The van der Waals surface area contributed by atoms with Crippen molar-refractivity contribution in [1.29, 1.82) is 0 Å². The number of halogens is 3. The summed E-state index contributed by atoms with van der Waals surface area (Å²) in [5, 5.41) is 0. The van der Waals surface area contributed by atoms with E-state index >= 15 is 0 Å². The van der Waals surface area contributed by atoms with Gasteiger partial charge in [0.15, 0.2) is 17.3 Å². The second-order valence-electron chi connectivity index (χ2n) is 7.66. The van der Waals surface area contributed by atoms with Gasteiger partial charge in [-0.15, -0.1) is 0 Å². The normalized spacial score (nSPS) is 23.4. The summed E-state index contributed by atoms with van der Waals surface area (Å²) in [6.45, 7) is 0.564. The van der Waals surface area contributed by atoms with Gasteiger partial charge in [0.1, 0.15) is 11.6 Å². The maximum atomic E-state index is 13.1. The topological polar surface area (TPSA) is 91.8 Å². The highest BCUT2D eigenvalue weighted by molar-refractivity contribution is 6.26. The number of Topliss-reactive ketones (excluding diaryl/α,β-unsaturated/α-hetero) is 3. The van der Waals surface area contributed by atoms with Crippen LogP contribution in [0.2, 0.25) is 0 Å². The standard InChI is InChI=1S/C21H24F3NO6/c1-29-6-7-30-8-9-31-11-15-14(4-5-16(25-15)21(22,23)24)20(28)17-18(26)12-2-3-13(10-12)19(17)27/h4-5,12-13,17H,2-3,6-11H2,1H3. The smallest absolute Gasteiger partial charge is 0.382 e. The van der Waals surface area contributed by atoms with Gasteiger partial charge in [0.25, 0.3) is 0 Å². The maximum Gasteiger partial charge on any atom is 0.433 e. The molecule has 0 saturated heterocycles. The van der Waals surface area contributed by atoms with Crippen LogP contribution < -0.4 is 0 Å². The number of rotatable bonds is 10. The molecule has 0 aromatic carbocycles. The van der Waals surface area contributed by atoms with E-state index in [2.05, 4.69) is 4.98 Å². The number of hydrogen-bond donors (Lipinski definition) is 0. The number of aromatic nitrogens is 1. The quantitative estimate of drug-likeness (QED) is 0.312. The molecule has 0 N–H and O–H groups in total. The number of carbonyl (C=O) groups is 3. The van der Waals surface area contributed by atoms with Crippen LogP contribution in [-0.2, 0) is 36.6 Å². The van der Waals surface area contributed by atoms with E-state index in [4.69, 9.17) is 14.2 Å². The third kappa shape index (κ3) is 5.36. The summed E-state index contributed by atoms with van der Waals surface area (Å²) < 4.78 is 54.7. The predicted octanol–water partition coefficient (Wildman–Crippen LogP) is 2.65. The van der Waals surface area contributed by atoms with E-state index in [1.807, 2.05) is 0 Å². The molecule has 1 aromatic heterocycles. The SMILES string of the molecule is COCCOCCOCc1nc(C(F)(F)F)ccc1C(=O)C1C(=O)C2CCC(C2)C1=O. The molecule has 2 fully saturated rings. The summed E-state index contributed by atoms with van der Waals surface area (Å²) in [7, 11) is 1.52. The molecular formula is C21H24F3NO6. The van der Waals surface area contributed by atoms with Gasteiger partial charge in [-0.25, -0.2) is 4.98 Å². The number of hydrogen-bond acceptors (Lipinski definition) is 7. The lowest BCUT2D eigenvalue weighted by Gasteiger charge is -2.25. The Balaban J connectivity index is 1.77. The van der Waals surface area contributed by atoms with Crippen molar-refractivity contribution in [2.24, 2.45) is 17.8 Å². The zero-order valence-electron chi connectivity index (χ0n) is 17.1. The second kappa shape index (κ2) is 9.97. The summed E-state index contributed by atoms with van der Waals surface area (Å²) in [5.41, 5.74) is -1.63. The molecule has 0 aliphatic heterocycles. The molecule has 1 aromatic rings. The molecular weight excluding hydrogens is 419 g/mol. The van der Waals surface area contributed by atoms with Crippen molar-refractivity contribution in [3.63, 3.8) is 0 Å². The third-order valence-electron chi connectivity index (χ3n) is 5.64. The fraction of sp³-hybridized carbons (Fsp3) is 0.619. The first kappa shape index (κ1) is 23.5. The van der Waals surface area contributed by atoms with Crippen LogP contribution in [-0.4, -0.2) is 55.9 Å². The highest BCUT2D eigenvalue weighted by Crippen LogP contribution is 2.41. The minimum absolute atomic E-state index is 0.0563. The van der Waals surface area contributed by atoms with Crippen molar-refractivity contribution in [3.8, 4) is 0 Å². The fourth-order valence-electron chi connectivity index (χ4n) is 4.05. The molecule has 7 nitrogen and oxygen atoms in total. The number of pyridine rings is 1. The van der Waals surface area contributed by atoms with Crippen LogP contribution in [0.3, 0.4) is 0 Å². The number of fused-ring (bicyclic) bond motifs is 2. The first-order chi connectivity index (χ1) is 14.7. The van der Waals surface area contributed by atoms with Crippen LogP contribution in [0.4, 0.5) is 13.2 Å². The summed E-state index contributed by atoms with van der Waals surface area (Å²) in [5.74, 6) is -3.85. The van der Waals surface area contributed by atoms with Gasteiger partial charge >= 0.3 is 6.18 Å². The predicted molar refractivity (Wildman–Crippen MR) is 100 cm³/mol. The molecule has 2 bridgehead atoms. The number of ether oxygens (including phenoxy) is 3. The lowest BCUT2D eigenvalue weighted by atomic mass is 9.75. The average molecular weight is 443 g/mol. The van der Waals surface area contributed by atoms with Crippen molar-refractivity contribution in [2.45, 2.75) is 32.0 Å². The Labute approximate surface area is 177 Å². The summed E-state index contributed by atoms with van der Waals surface area (Å²) in [4.78, 5) is 41.9. The van der Waals surface area contributed by atoms with E-state index in [0.717, 1.165) is 6.07 Å². The molecule has 31 heavy (non-hydrogen) atoms. The van der Waals surface area contributed by atoms with Crippen molar-refractivity contribution in [1.82, 2.24) is 4.98 Å². The molecule has 2 saturated carbocycles. The Morgan fingerprint density at radius 2 is 1.65 bits per heavy atom. The molecule has 0 amide bonds. The first-order valence-electron chi connectivity index (χ1n) is 10.1. The zero-order valence-corrected chi connectivity index (χ0v) is 17.1. The van der Waals surface area contributed by atoms with Gasteiger partial charge < -0.3 is 14.2 Å². The molecule has 170 valence electrons. The minimum Gasteiger partial charge on any atom is -0.382 e. The van der Waals surface area contributed by atoms with Crippen molar-refractivity contribution in [3.05, 3.63) is 29.1 Å². The molecule has 2 aliphatic carbocycles. The van der Waals surface area contributed by atoms with Crippen molar-refractivity contribution >= 4 is 17.3 Å². The number of methoxy groups -OCH3 is 1. The van der Waals surface area contributed by atoms with E-state index in [9.17, 15) is 27.6 Å². The Morgan fingerprint density at radius 1 is 1.03 bits per heavy atom. The monoisotopic (exact) mass is 443 g/mol.